The molecule has 160 valence electrons. The van der Waals surface area contributed by atoms with Crippen molar-refractivity contribution >= 4 is 27.4 Å². The predicted octanol–water partition coefficient (Wildman–Crippen LogP) is 4.32. The maximum absolute atomic E-state index is 13.9. The molecule has 4 rings (SSSR count). The molecule has 1 amide bonds. The maximum Gasteiger partial charge on any atom is 0.263 e. The van der Waals surface area contributed by atoms with Gasteiger partial charge in [-0.05, 0) is 48.9 Å². The average Bonchev–Trinajstić information content (AvgIpc) is 2.85. The van der Waals surface area contributed by atoms with Crippen molar-refractivity contribution in [3.63, 3.8) is 0 Å². The molecule has 0 fully saturated rings. The first-order valence-corrected chi connectivity index (χ1v) is 10.8. The Bertz CT molecular complexity index is 1280. The Morgan fingerprint density at radius 2 is 1.90 bits per heavy atom. The first-order valence-electron chi connectivity index (χ1n) is 9.37. The van der Waals surface area contributed by atoms with Gasteiger partial charge in [0, 0.05) is 18.8 Å². The van der Waals surface area contributed by atoms with E-state index < -0.39 is 33.3 Å². The third-order valence-electron chi connectivity index (χ3n) is 4.59. The highest BCUT2D eigenvalue weighted by Crippen LogP contribution is 2.38. The smallest absolute Gasteiger partial charge is 0.263 e. The van der Waals surface area contributed by atoms with E-state index in [2.05, 4.69) is 9.71 Å². The number of nitrogens with zero attached hydrogens (tertiary/aromatic N) is 2. The Morgan fingerprint density at radius 3 is 2.65 bits per heavy atom. The normalized spacial score (nSPS) is 13.1. The highest BCUT2D eigenvalue weighted by Gasteiger charge is 2.30. The molecule has 10 heteroatoms. The van der Waals surface area contributed by atoms with Gasteiger partial charge in [0.05, 0.1) is 16.1 Å². The van der Waals surface area contributed by atoms with Crippen LogP contribution in [0.4, 0.5) is 20.3 Å². The van der Waals surface area contributed by atoms with Crippen LogP contribution in [0.15, 0.2) is 59.6 Å². The summed E-state index contributed by atoms with van der Waals surface area (Å²) in [6.07, 6.45) is 2.17. The molecule has 0 bridgehead atoms. The number of nitrogens with one attached hydrogen (secondary N) is 1. The second-order valence-corrected chi connectivity index (χ2v) is 8.45. The Balaban J connectivity index is 1.75. The molecule has 3 aromatic rings. The van der Waals surface area contributed by atoms with Crippen LogP contribution in [0.25, 0.3) is 0 Å². The molecular formula is C21H17F2N3O4S. The lowest BCUT2D eigenvalue weighted by Crippen LogP contribution is -2.31. The number of amides is 1. The van der Waals surface area contributed by atoms with Gasteiger partial charge in [0.15, 0.2) is 11.6 Å². The van der Waals surface area contributed by atoms with Crippen LogP contribution in [0.5, 0.6) is 11.5 Å². The van der Waals surface area contributed by atoms with Crippen molar-refractivity contribution in [3.05, 3.63) is 71.9 Å². The van der Waals surface area contributed by atoms with Crippen LogP contribution in [-0.2, 0) is 10.0 Å². The lowest BCUT2D eigenvalue weighted by molar-refractivity contribution is 0.0986. The summed E-state index contributed by atoms with van der Waals surface area (Å²) in [6.45, 7) is 2.24. The summed E-state index contributed by atoms with van der Waals surface area (Å²) in [6, 6.07) is 9.56. The zero-order valence-electron chi connectivity index (χ0n) is 16.3. The first kappa shape index (κ1) is 20.7. The first-order chi connectivity index (χ1) is 14.8. The summed E-state index contributed by atoms with van der Waals surface area (Å²) >= 11 is 0. The van der Waals surface area contributed by atoms with Crippen LogP contribution in [0.1, 0.15) is 23.7 Å². The van der Waals surface area contributed by atoms with Crippen LogP contribution >= 0.6 is 0 Å². The topological polar surface area (TPSA) is 88.6 Å². The molecular weight excluding hydrogens is 428 g/mol. The molecule has 0 radical (unpaired) electrons. The van der Waals surface area contributed by atoms with Crippen molar-refractivity contribution in [1.82, 2.24) is 4.98 Å². The van der Waals surface area contributed by atoms with Gasteiger partial charge in [-0.25, -0.2) is 22.2 Å². The minimum absolute atomic E-state index is 0.0221. The zero-order valence-corrected chi connectivity index (χ0v) is 17.1. The Labute approximate surface area is 177 Å². The lowest BCUT2D eigenvalue weighted by Gasteiger charge is -2.20. The van der Waals surface area contributed by atoms with Crippen molar-refractivity contribution < 1.29 is 26.7 Å². The highest BCUT2D eigenvalue weighted by molar-refractivity contribution is 7.92. The number of carbonyl (C=O) groups is 1. The van der Waals surface area contributed by atoms with Gasteiger partial charge in [-0.3, -0.25) is 14.4 Å². The minimum Gasteiger partial charge on any atom is -0.453 e. The van der Waals surface area contributed by atoms with E-state index in [9.17, 15) is 22.0 Å². The van der Waals surface area contributed by atoms with E-state index >= 15 is 0 Å². The van der Waals surface area contributed by atoms with E-state index in [0.29, 0.717) is 30.6 Å². The monoisotopic (exact) mass is 445 g/mol. The SMILES string of the molecule is CCCN1C(=O)c2cc(S(=O)(=O)Nc3ccc(F)cc3F)ccc2Oc2cccnc21. The summed E-state index contributed by atoms with van der Waals surface area (Å²) in [4.78, 5) is 18.6. The number of fused-ring (bicyclic) bond motifs is 2. The molecule has 0 atom stereocenters. The largest absolute Gasteiger partial charge is 0.453 e. The predicted molar refractivity (Wildman–Crippen MR) is 110 cm³/mol. The fourth-order valence-corrected chi connectivity index (χ4v) is 4.26. The Hall–Kier alpha value is -3.53. The number of benzene rings is 2. The number of pyridine rings is 1. The number of ether oxygens (including phenoxy) is 1. The van der Waals surface area contributed by atoms with E-state index in [1.54, 1.807) is 12.1 Å². The number of carbonyl (C=O) groups excluding carboxylic acids is 1. The van der Waals surface area contributed by atoms with Crippen molar-refractivity contribution in [2.75, 3.05) is 16.2 Å². The molecule has 1 aromatic heterocycles. The number of halogens is 2. The average molecular weight is 445 g/mol. The van der Waals surface area contributed by atoms with E-state index in [1.807, 2.05) is 6.92 Å². The summed E-state index contributed by atoms with van der Waals surface area (Å²) in [5.74, 6) is -1.50. The number of aromatic nitrogens is 1. The molecule has 2 aromatic carbocycles. The summed E-state index contributed by atoms with van der Waals surface area (Å²) in [5.41, 5.74) is -0.392. The van der Waals surface area contributed by atoms with Gasteiger partial charge < -0.3 is 4.74 Å². The molecule has 2 heterocycles. The molecule has 1 N–H and O–H groups in total. The third-order valence-corrected chi connectivity index (χ3v) is 5.95. The van der Waals surface area contributed by atoms with Gasteiger partial charge in [0.2, 0.25) is 0 Å². The summed E-state index contributed by atoms with van der Waals surface area (Å²) < 4.78 is 60.5. The van der Waals surface area contributed by atoms with Gasteiger partial charge in [0.25, 0.3) is 15.9 Å². The third kappa shape index (κ3) is 3.93. The molecule has 0 spiro atoms. The molecule has 31 heavy (non-hydrogen) atoms. The number of sulfonamides is 1. The van der Waals surface area contributed by atoms with Crippen molar-refractivity contribution in [3.8, 4) is 11.5 Å². The van der Waals surface area contributed by atoms with Gasteiger partial charge in [-0.2, -0.15) is 0 Å². The lowest BCUT2D eigenvalue weighted by atomic mass is 10.1. The Kier molecular flexibility index (Phi) is 5.32. The number of hydrogen-bond acceptors (Lipinski definition) is 5. The van der Waals surface area contributed by atoms with E-state index in [1.165, 1.54) is 23.2 Å². The molecule has 1 aliphatic heterocycles. The number of anilines is 2. The second kappa shape index (κ2) is 7.95. The van der Waals surface area contributed by atoms with Crippen LogP contribution in [0.2, 0.25) is 0 Å². The van der Waals surface area contributed by atoms with Gasteiger partial charge in [-0.15, -0.1) is 0 Å². The second-order valence-electron chi connectivity index (χ2n) is 6.77. The molecule has 0 saturated carbocycles. The summed E-state index contributed by atoms with van der Waals surface area (Å²) in [7, 11) is -4.27. The van der Waals surface area contributed by atoms with E-state index in [4.69, 9.17) is 4.74 Å². The van der Waals surface area contributed by atoms with Crippen LogP contribution in [-0.4, -0.2) is 25.9 Å². The van der Waals surface area contributed by atoms with Crippen LogP contribution < -0.4 is 14.4 Å². The fourth-order valence-electron chi connectivity index (χ4n) is 3.16. The summed E-state index contributed by atoms with van der Waals surface area (Å²) in [5, 5.41) is 0. The fraction of sp³-hybridized carbons (Fsp3) is 0.143. The van der Waals surface area contributed by atoms with Gasteiger partial charge in [0.1, 0.15) is 17.4 Å². The quantitative estimate of drug-likeness (QED) is 0.632. The molecule has 7 nitrogen and oxygen atoms in total. The van der Waals surface area contributed by atoms with Gasteiger partial charge in [-0.1, -0.05) is 6.92 Å². The van der Waals surface area contributed by atoms with Crippen molar-refractivity contribution in [1.29, 1.82) is 0 Å². The standard InChI is InChI=1S/C21H17F2N3O4S/c1-2-10-26-20-19(4-3-9-24-20)30-18-8-6-14(12-15(18)21(26)27)31(28,29)25-17-7-5-13(22)11-16(17)23/h3-9,11-12,25H,2,10H2,1H3. The highest BCUT2D eigenvalue weighted by atomic mass is 32.2. The molecule has 0 saturated heterocycles. The number of hydrogen-bond donors (Lipinski definition) is 1. The van der Waals surface area contributed by atoms with Crippen molar-refractivity contribution in [2.45, 2.75) is 18.2 Å². The van der Waals surface area contributed by atoms with Gasteiger partial charge >= 0.3 is 0 Å². The van der Waals surface area contributed by atoms with E-state index in [0.717, 1.165) is 18.2 Å². The molecule has 0 aliphatic carbocycles. The van der Waals surface area contributed by atoms with Crippen molar-refractivity contribution in [2.24, 2.45) is 0 Å². The van der Waals surface area contributed by atoms with Crippen LogP contribution in [0, 0.1) is 11.6 Å². The van der Waals surface area contributed by atoms with E-state index in [-0.39, 0.29) is 16.2 Å². The minimum atomic E-state index is -4.27. The Morgan fingerprint density at radius 1 is 1.10 bits per heavy atom. The molecule has 0 unspecified atom stereocenters. The van der Waals surface area contributed by atoms with Crippen LogP contribution in [0.3, 0.4) is 0 Å². The number of rotatable bonds is 5. The maximum atomic E-state index is 13.9. The molecule has 1 aliphatic rings. The zero-order chi connectivity index (χ0) is 22.2.